The van der Waals surface area contributed by atoms with E-state index in [2.05, 4.69) is 33.9 Å². The normalized spacial score (nSPS) is 19.9. The van der Waals surface area contributed by atoms with Crippen LogP contribution < -0.4 is 5.32 Å². The third-order valence-electron chi connectivity index (χ3n) is 3.68. The van der Waals surface area contributed by atoms with Gasteiger partial charge >= 0.3 is 0 Å². The summed E-state index contributed by atoms with van der Waals surface area (Å²) in [7, 11) is 0. The van der Waals surface area contributed by atoms with Gasteiger partial charge in [0.1, 0.15) is 12.2 Å². The molecule has 4 heteroatoms. The number of hydrogen-bond donors (Lipinski definition) is 1. The molecule has 1 aliphatic heterocycles. The molecule has 1 fully saturated rings. The van der Waals surface area contributed by atoms with Gasteiger partial charge in [-0.05, 0) is 39.3 Å². The van der Waals surface area contributed by atoms with Crippen LogP contribution in [-0.4, -0.2) is 27.9 Å². The van der Waals surface area contributed by atoms with Crippen molar-refractivity contribution in [3.63, 3.8) is 0 Å². The van der Waals surface area contributed by atoms with Crippen molar-refractivity contribution in [2.24, 2.45) is 0 Å². The second-order valence-corrected chi connectivity index (χ2v) is 4.68. The topological polar surface area (TPSA) is 42.7 Å². The summed E-state index contributed by atoms with van der Waals surface area (Å²) >= 11 is 0. The Morgan fingerprint density at radius 3 is 2.75 bits per heavy atom. The third kappa shape index (κ3) is 1.98. The molecule has 1 saturated heterocycles. The zero-order valence-electron chi connectivity index (χ0n) is 10.4. The highest BCUT2D eigenvalue weighted by Gasteiger charge is 2.36. The lowest BCUT2D eigenvalue weighted by molar-refractivity contribution is 0.259. The molecule has 0 atom stereocenters. The Hall–Kier alpha value is -0.900. The summed E-state index contributed by atoms with van der Waals surface area (Å²) in [5.74, 6) is 1.21. The van der Waals surface area contributed by atoms with Crippen LogP contribution in [0.5, 0.6) is 0 Å². The molecule has 1 aliphatic rings. The molecule has 4 nitrogen and oxygen atoms in total. The van der Waals surface area contributed by atoms with Crippen LogP contribution in [0.3, 0.4) is 0 Å². The van der Waals surface area contributed by atoms with Crippen molar-refractivity contribution in [1.29, 1.82) is 0 Å². The Morgan fingerprint density at radius 1 is 1.38 bits per heavy atom. The van der Waals surface area contributed by atoms with Crippen LogP contribution in [0.4, 0.5) is 0 Å². The molecule has 1 N–H and O–H groups in total. The van der Waals surface area contributed by atoms with Crippen LogP contribution >= 0.6 is 0 Å². The van der Waals surface area contributed by atoms with Crippen LogP contribution in [0.25, 0.3) is 0 Å². The fourth-order valence-corrected chi connectivity index (χ4v) is 2.88. The fraction of sp³-hybridized carbons (Fsp3) is 0.833. The van der Waals surface area contributed by atoms with Crippen LogP contribution in [0.15, 0.2) is 6.33 Å². The maximum atomic E-state index is 4.53. The van der Waals surface area contributed by atoms with E-state index in [0.29, 0.717) is 0 Å². The largest absolute Gasteiger partial charge is 0.317 e. The Kier molecular flexibility index (Phi) is 3.59. The highest BCUT2D eigenvalue weighted by Crippen LogP contribution is 2.36. The summed E-state index contributed by atoms with van der Waals surface area (Å²) in [5, 5.41) is 7.76. The zero-order chi connectivity index (χ0) is 11.4. The highest BCUT2D eigenvalue weighted by atomic mass is 15.3. The van der Waals surface area contributed by atoms with Gasteiger partial charge in [0.25, 0.3) is 0 Å². The first-order valence-corrected chi connectivity index (χ1v) is 6.41. The minimum Gasteiger partial charge on any atom is -0.317 e. The summed E-state index contributed by atoms with van der Waals surface area (Å²) in [6, 6.07) is 0. The molecule has 16 heavy (non-hydrogen) atoms. The molecule has 2 rings (SSSR count). The van der Waals surface area contributed by atoms with Gasteiger partial charge in [0.15, 0.2) is 0 Å². The van der Waals surface area contributed by atoms with E-state index in [-0.39, 0.29) is 5.41 Å². The maximum Gasteiger partial charge on any atom is 0.138 e. The minimum absolute atomic E-state index is 0.270. The predicted molar refractivity (Wildman–Crippen MR) is 64.4 cm³/mol. The summed E-state index contributed by atoms with van der Waals surface area (Å²) in [4.78, 5) is 4.53. The van der Waals surface area contributed by atoms with Gasteiger partial charge in [-0.2, -0.15) is 5.10 Å². The molecule has 0 bridgehead atoms. The van der Waals surface area contributed by atoms with Crippen LogP contribution in [0, 0.1) is 0 Å². The molecule has 0 unspecified atom stereocenters. The summed E-state index contributed by atoms with van der Waals surface area (Å²) in [5.41, 5.74) is 0.270. The van der Waals surface area contributed by atoms with Gasteiger partial charge in [0.2, 0.25) is 0 Å². The Balaban J connectivity index is 2.30. The molecule has 0 aliphatic carbocycles. The first-order valence-electron chi connectivity index (χ1n) is 6.41. The minimum atomic E-state index is 0.270. The van der Waals surface area contributed by atoms with Crippen LogP contribution in [0.2, 0.25) is 0 Å². The van der Waals surface area contributed by atoms with Crippen molar-refractivity contribution in [2.45, 2.75) is 51.5 Å². The van der Waals surface area contributed by atoms with Crippen molar-refractivity contribution in [2.75, 3.05) is 13.1 Å². The number of aryl methyl sites for hydroxylation is 1. The van der Waals surface area contributed by atoms with E-state index in [9.17, 15) is 0 Å². The second-order valence-electron chi connectivity index (χ2n) is 4.68. The smallest absolute Gasteiger partial charge is 0.138 e. The van der Waals surface area contributed by atoms with Crippen molar-refractivity contribution in [1.82, 2.24) is 20.1 Å². The second kappa shape index (κ2) is 4.95. The highest BCUT2D eigenvalue weighted by molar-refractivity contribution is 5.10. The maximum absolute atomic E-state index is 4.53. The molecule has 0 saturated carbocycles. The van der Waals surface area contributed by atoms with Gasteiger partial charge in [-0.15, -0.1) is 0 Å². The van der Waals surface area contributed by atoms with Crippen molar-refractivity contribution in [3.05, 3.63) is 12.2 Å². The summed E-state index contributed by atoms with van der Waals surface area (Å²) in [6.45, 7) is 7.54. The lowest BCUT2D eigenvalue weighted by Gasteiger charge is -2.36. The number of nitrogens with one attached hydrogen (secondary N) is 1. The lowest BCUT2D eigenvalue weighted by atomic mass is 9.74. The predicted octanol–water partition coefficient (Wildman–Crippen LogP) is 1.72. The molecule has 1 aromatic rings. The first-order chi connectivity index (χ1) is 7.82. The molecular weight excluding hydrogens is 200 g/mol. The number of piperidine rings is 1. The summed E-state index contributed by atoms with van der Waals surface area (Å²) in [6.07, 6.45) is 6.54. The molecule has 1 aromatic heterocycles. The van der Waals surface area contributed by atoms with Gasteiger partial charge in [-0.3, -0.25) is 0 Å². The first kappa shape index (κ1) is 11.6. The molecule has 0 aromatic carbocycles. The van der Waals surface area contributed by atoms with E-state index in [1.54, 1.807) is 6.33 Å². The number of aromatic nitrogens is 3. The van der Waals surface area contributed by atoms with Crippen molar-refractivity contribution >= 4 is 0 Å². The quantitative estimate of drug-likeness (QED) is 0.843. The Bertz CT molecular complexity index is 320. The monoisotopic (exact) mass is 222 g/mol. The fourth-order valence-electron chi connectivity index (χ4n) is 2.88. The third-order valence-corrected chi connectivity index (χ3v) is 3.68. The van der Waals surface area contributed by atoms with Crippen LogP contribution in [-0.2, 0) is 12.0 Å². The molecule has 2 heterocycles. The number of hydrogen-bond acceptors (Lipinski definition) is 3. The van der Waals surface area contributed by atoms with Crippen molar-refractivity contribution < 1.29 is 0 Å². The molecular formula is C12H22N4. The molecule has 0 spiro atoms. The van der Waals surface area contributed by atoms with E-state index in [1.807, 2.05) is 0 Å². The average Bonchev–Trinajstić information content (AvgIpc) is 2.79. The van der Waals surface area contributed by atoms with Gasteiger partial charge in [0.05, 0.1) is 0 Å². The van der Waals surface area contributed by atoms with E-state index in [0.717, 1.165) is 19.6 Å². The van der Waals surface area contributed by atoms with Crippen LogP contribution in [0.1, 0.15) is 45.4 Å². The molecule has 90 valence electrons. The van der Waals surface area contributed by atoms with E-state index >= 15 is 0 Å². The van der Waals surface area contributed by atoms with Gasteiger partial charge < -0.3 is 5.32 Å². The number of rotatable bonds is 4. The van der Waals surface area contributed by atoms with E-state index < -0.39 is 0 Å². The Morgan fingerprint density at radius 2 is 2.12 bits per heavy atom. The van der Waals surface area contributed by atoms with Gasteiger partial charge in [-0.1, -0.05) is 13.3 Å². The average molecular weight is 222 g/mol. The van der Waals surface area contributed by atoms with E-state index in [4.69, 9.17) is 0 Å². The zero-order valence-corrected chi connectivity index (χ0v) is 10.4. The SMILES string of the molecule is CCCC1(c2ncnn2CC)CCNCC1. The Labute approximate surface area is 97.5 Å². The summed E-state index contributed by atoms with van der Waals surface area (Å²) < 4.78 is 2.07. The molecule has 0 radical (unpaired) electrons. The van der Waals surface area contributed by atoms with Gasteiger partial charge in [0, 0.05) is 12.0 Å². The molecule has 0 amide bonds. The standard InChI is InChI=1S/C12H22N4/c1-3-5-12(6-8-13-9-7-12)11-14-10-15-16(11)4-2/h10,13H,3-9H2,1-2H3. The van der Waals surface area contributed by atoms with Gasteiger partial charge in [-0.25, -0.2) is 9.67 Å². The number of nitrogens with zero attached hydrogens (tertiary/aromatic N) is 3. The lowest BCUT2D eigenvalue weighted by Crippen LogP contribution is -2.41. The van der Waals surface area contributed by atoms with E-state index in [1.165, 1.54) is 31.5 Å². The van der Waals surface area contributed by atoms with Crippen molar-refractivity contribution in [3.8, 4) is 0 Å².